The van der Waals surface area contributed by atoms with Crippen molar-refractivity contribution in [3.63, 3.8) is 0 Å². The average molecular weight is 372 g/mol. The first kappa shape index (κ1) is 17.0. The van der Waals surface area contributed by atoms with E-state index >= 15 is 0 Å². The fraction of sp³-hybridized carbons (Fsp3) is 0.870. The molecule has 0 radical (unpaired) electrons. The van der Waals surface area contributed by atoms with E-state index in [2.05, 4.69) is 18.7 Å². The lowest BCUT2D eigenvalue weighted by atomic mass is 9.43. The van der Waals surface area contributed by atoms with Crippen LogP contribution < -0.4 is 0 Å². The van der Waals surface area contributed by atoms with Crippen molar-refractivity contribution in [3.05, 3.63) is 11.1 Å². The van der Waals surface area contributed by atoms with Gasteiger partial charge in [-0.3, -0.25) is 9.69 Å². The molecule has 2 saturated heterocycles. The van der Waals surface area contributed by atoms with Crippen LogP contribution in [0.5, 0.6) is 0 Å². The lowest BCUT2D eigenvalue weighted by Crippen LogP contribution is -2.70. The molecule has 0 amide bonds. The van der Waals surface area contributed by atoms with Crippen LogP contribution in [0.15, 0.2) is 11.1 Å². The number of hydrogen-bond acceptors (Lipinski definition) is 4. The summed E-state index contributed by atoms with van der Waals surface area (Å²) in [5, 5.41) is 11.6. The molecular formula is C23H33NO3. The zero-order chi connectivity index (χ0) is 18.7. The number of carbonyl (C=O) groups excluding carboxylic acids is 1. The number of esters is 1. The van der Waals surface area contributed by atoms with Crippen LogP contribution in [0, 0.1) is 40.4 Å². The van der Waals surface area contributed by atoms with Gasteiger partial charge in [0.05, 0.1) is 19.1 Å². The number of methoxy groups -OCH3 is 1. The van der Waals surface area contributed by atoms with Crippen molar-refractivity contribution >= 4 is 5.97 Å². The third kappa shape index (κ3) is 1.69. The van der Waals surface area contributed by atoms with Crippen molar-refractivity contribution in [1.29, 1.82) is 0 Å². The Bertz CT molecular complexity index is 746. The molecule has 2 saturated carbocycles. The van der Waals surface area contributed by atoms with E-state index in [1.807, 2.05) is 0 Å². The molecule has 0 unspecified atom stereocenters. The summed E-state index contributed by atoms with van der Waals surface area (Å²) in [6.07, 6.45) is 6.32. The summed E-state index contributed by atoms with van der Waals surface area (Å²) in [6, 6.07) is 0.524. The Balaban J connectivity index is 1.62. The predicted octanol–water partition coefficient (Wildman–Crippen LogP) is 3.00. The Morgan fingerprint density at radius 2 is 2.04 bits per heavy atom. The first-order chi connectivity index (χ1) is 12.9. The smallest absolute Gasteiger partial charge is 0.309 e. The molecule has 0 aromatic heterocycles. The number of hydrogen-bond donors (Lipinski definition) is 1. The van der Waals surface area contributed by atoms with Crippen molar-refractivity contribution in [1.82, 2.24) is 4.90 Å². The fourth-order valence-electron chi connectivity index (χ4n) is 9.36. The van der Waals surface area contributed by atoms with E-state index in [0.717, 1.165) is 25.8 Å². The molecule has 2 heterocycles. The number of aliphatic hydroxyl groups excluding tert-OH is 1. The van der Waals surface area contributed by atoms with Gasteiger partial charge in [0.2, 0.25) is 0 Å². The summed E-state index contributed by atoms with van der Waals surface area (Å²) in [5.74, 6) is 2.11. The molecule has 0 aromatic rings. The van der Waals surface area contributed by atoms with Gasteiger partial charge in [-0.2, -0.15) is 0 Å². The maximum atomic E-state index is 12.8. The van der Waals surface area contributed by atoms with E-state index in [-0.39, 0.29) is 28.8 Å². The minimum Gasteiger partial charge on any atom is -0.469 e. The number of carbonyl (C=O) groups is 1. The molecule has 148 valence electrons. The predicted molar refractivity (Wildman–Crippen MR) is 102 cm³/mol. The minimum atomic E-state index is -0.240. The highest BCUT2D eigenvalue weighted by Gasteiger charge is 2.76. The SMILES string of the molecule is COC(=O)[C@@H]1C[C@@]23C4=C(CC[C@@H]5CN6C[C@@H](C)[C@@H](C[C@H](O)[C@@]52C)[C@@H]63)CC[C@@H]41. The van der Waals surface area contributed by atoms with Gasteiger partial charge in [-0.25, -0.2) is 0 Å². The Hall–Kier alpha value is -0.870. The van der Waals surface area contributed by atoms with Crippen molar-refractivity contribution in [2.24, 2.45) is 40.4 Å². The van der Waals surface area contributed by atoms with Crippen molar-refractivity contribution in [3.8, 4) is 0 Å². The summed E-state index contributed by atoms with van der Waals surface area (Å²) in [6.45, 7) is 7.12. The Kier molecular flexibility index (Phi) is 3.27. The number of ether oxygens (including phenoxy) is 1. The summed E-state index contributed by atoms with van der Waals surface area (Å²) in [4.78, 5) is 15.6. The quantitative estimate of drug-likeness (QED) is 0.569. The molecule has 4 bridgehead atoms. The molecular weight excluding hydrogens is 338 g/mol. The highest BCUT2D eigenvalue weighted by molar-refractivity contribution is 5.75. The Labute approximate surface area is 162 Å². The maximum absolute atomic E-state index is 12.8. The minimum absolute atomic E-state index is 0.00220. The molecule has 0 aromatic carbocycles. The van der Waals surface area contributed by atoms with Crippen LogP contribution in [0.2, 0.25) is 0 Å². The average Bonchev–Trinajstić information content (AvgIpc) is 3.28. The molecule has 4 nitrogen and oxygen atoms in total. The van der Waals surface area contributed by atoms with Gasteiger partial charge < -0.3 is 9.84 Å². The van der Waals surface area contributed by atoms with E-state index in [9.17, 15) is 9.90 Å². The van der Waals surface area contributed by atoms with Crippen molar-refractivity contribution in [2.45, 2.75) is 64.5 Å². The lowest BCUT2D eigenvalue weighted by molar-refractivity contribution is -0.200. The normalized spacial score (nSPS) is 55.5. The van der Waals surface area contributed by atoms with E-state index in [0.29, 0.717) is 29.7 Å². The van der Waals surface area contributed by atoms with Crippen LogP contribution in [0.3, 0.4) is 0 Å². The maximum Gasteiger partial charge on any atom is 0.309 e. The van der Waals surface area contributed by atoms with E-state index in [1.54, 1.807) is 18.3 Å². The second-order valence-electron chi connectivity index (χ2n) is 10.8. The zero-order valence-electron chi connectivity index (χ0n) is 16.9. The second kappa shape index (κ2) is 5.18. The molecule has 4 heteroatoms. The van der Waals surface area contributed by atoms with E-state index in [1.165, 1.54) is 25.8 Å². The number of piperidine rings is 1. The zero-order valence-corrected chi connectivity index (χ0v) is 16.9. The standard InChI is InChI=1S/C23H33NO3/c1-12-10-24-11-14-6-4-13-5-7-15-17(21(26)27-3)9-23(19(13)15)20(24)16(12)8-18(25)22(14,23)2/h12,14-18,20,25H,4-11H2,1-3H3/t12-,14-,15-,16-,17-,18+,20-,22-,23+/m1/s1. The molecule has 6 aliphatic rings. The molecule has 27 heavy (non-hydrogen) atoms. The largest absolute Gasteiger partial charge is 0.469 e. The highest BCUT2D eigenvalue weighted by Crippen LogP contribution is 2.76. The molecule has 6 rings (SSSR count). The monoisotopic (exact) mass is 371 g/mol. The summed E-state index contributed by atoms with van der Waals surface area (Å²) in [7, 11) is 1.55. The van der Waals surface area contributed by atoms with Gasteiger partial charge >= 0.3 is 5.97 Å². The van der Waals surface area contributed by atoms with E-state index in [4.69, 9.17) is 4.74 Å². The number of aliphatic hydroxyl groups is 1. The van der Waals surface area contributed by atoms with Gasteiger partial charge in [0.1, 0.15) is 0 Å². The van der Waals surface area contributed by atoms with Gasteiger partial charge in [-0.05, 0) is 62.2 Å². The Morgan fingerprint density at radius 1 is 1.26 bits per heavy atom. The number of rotatable bonds is 1. The molecule has 4 fully saturated rings. The van der Waals surface area contributed by atoms with Crippen LogP contribution >= 0.6 is 0 Å². The molecule has 4 aliphatic carbocycles. The topological polar surface area (TPSA) is 49.8 Å². The van der Waals surface area contributed by atoms with Gasteiger partial charge in [0.25, 0.3) is 0 Å². The third-order valence-corrected chi connectivity index (χ3v) is 10.3. The number of nitrogens with zero attached hydrogens (tertiary/aromatic N) is 1. The van der Waals surface area contributed by atoms with Crippen LogP contribution in [0.25, 0.3) is 0 Å². The van der Waals surface area contributed by atoms with Crippen LogP contribution in [-0.2, 0) is 9.53 Å². The molecule has 2 aliphatic heterocycles. The first-order valence-corrected chi connectivity index (χ1v) is 11.2. The highest BCUT2D eigenvalue weighted by atomic mass is 16.5. The van der Waals surface area contributed by atoms with Crippen LogP contribution in [-0.4, -0.2) is 48.3 Å². The van der Waals surface area contributed by atoms with Crippen LogP contribution in [0.1, 0.15) is 52.4 Å². The molecule has 1 spiro atoms. The lowest BCUT2D eigenvalue weighted by Gasteiger charge is -2.67. The van der Waals surface area contributed by atoms with Crippen molar-refractivity contribution < 1.29 is 14.6 Å². The second-order valence-corrected chi connectivity index (χ2v) is 10.8. The summed E-state index contributed by atoms with van der Waals surface area (Å²) in [5.41, 5.74) is 3.20. The third-order valence-electron chi connectivity index (χ3n) is 10.3. The molecule has 9 atom stereocenters. The molecule has 1 N–H and O–H groups in total. The number of allylic oxidation sites excluding steroid dienone is 1. The van der Waals surface area contributed by atoms with Gasteiger partial charge in [-0.15, -0.1) is 0 Å². The summed E-state index contributed by atoms with van der Waals surface area (Å²) < 4.78 is 5.29. The summed E-state index contributed by atoms with van der Waals surface area (Å²) >= 11 is 0. The van der Waals surface area contributed by atoms with Gasteiger partial charge in [-0.1, -0.05) is 25.0 Å². The first-order valence-electron chi connectivity index (χ1n) is 11.2. The van der Waals surface area contributed by atoms with Gasteiger partial charge in [0, 0.05) is 30.0 Å². The van der Waals surface area contributed by atoms with Crippen LogP contribution in [0.4, 0.5) is 0 Å². The van der Waals surface area contributed by atoms with Crippen molar-refractivity contribution in [2.75, 3.05) is 20.2 Å². The van der Waals surface area contributed by atoms with E-state index < -0.39 is 0 Å². The van der Waals surface area contributed by atoms with Gasteiger partial charge in [0.15, 0.2) is 0 Å². The Morgan fingerprint density at radius 3 is 2.81 bits per heavy atom. The fourth-order valence-corrected chi connectivity index (χ4v) is 9.36.